The Morgan fingerprint density at radius 3 is 2.57 bits per heavy atom. The molecule has 1 heterocycles. The predicted molar refractivity (Wildman–Crippen MR) is 85.9 cm³/mol. The molecule has 0 spiro atoms. The van der Waals surface area contributed by atoms with Gasteiger partial charge in [0.05, 0.1) is 0 Å². The maximum absolute atomic E-state index is 10.0. The van der Waals surface area contributed by atoms with Gasteiger partial charge < -0.3 is 15.0 Å². The molecule has 2 N–H and O–H groups in total. The minimum absolute atomic E-state index is 0.367. The SMILES string of the molecule is Cc1cccc(CNc2cccc(-n3cccc3)c2)c1O. The normalized spacial score (nSPS) is 10.5. The molecule has 1 aromatic heterocycles. The van der Waals surface area contributed by atoms with Crippen molar-refractivity contribution in [1.29, 1.82) is 0 Å². The Morgan fingerprint density at radius 1 is 1.00 bits per heavy atom. The van der Waals surface area contributed by atoms with Crippen molar-refractivity contribution in [3.05, 3.63) is 78.1 Å². The van der Waals surface area contributed by atoms with Crippen molar-refractivity contribution in [3.8, 4) is 11.4 Å². The average Bonchev–Trinajstić information content (AvgIpc) is 3.03. The lowest BCUT2D eigenvalue weighted by molar-refractivity contribution is 0.465. The van der Waals surface area contributed by atoms with Gasteiger partial charge in [0.2, 0.25) is 0 Å². The van der Waals surface area contributed by atoms with Gasteiger partial charge in [-0.2, -0.15) is 0 Å². The first-order chi connectivity index (χ1) is 10.2. The molecule has 3 aromatic rings. The minimum atomic E-state index is 0.367. The maximum Gasteiger partial charge on any atom is 0.123 e. The van der Waals surface area contributed by atoms with E-state index in [1.807, 2.05) is 61.8 Å². The first-order valence-electron chi connectivity index (χ1n) is 6.99. The van der Waals surface area contributed by atoms with E-state index in [9.17, 15) is 5.11 Å². The fraction of sp³-hybridized carbons (Fsp3) is 0.111. The molecule has 0 aliphatic rings. The molecule has 0 aliphatic carbocycles. The highest BCUT2D eigenvalue weighted by Gasteiger charge is 2.03. The van der Waals surface area contributed by atoms with Crippen molar-refractivity contribution in [1.82, 2.24) is 4.57 Å². The van der Waals surface area contributed by atoms with Gasteiger partial charge in [-0.05, 0) is 42.8 Å². The first kappa shape index (κ1) is 13.3. The molecule has 0 saturated heterocycles. The van der Waals surface area contributed by atoms with Gasteiger partial charge in [-0.1, -0.05) is 24.3 Å². The average molecular weight is 278 g/mol. The number of phenols is 1. The Bertz CT molecular complexity index is 733. The lowest BCUT2D eigenvalue weighted by Crippen LogP contribution is -2.01. The molecule has 3 nitrogen and oxygen atoms in total. The number of para-hydroxylation sites is 1. The van der Waals surface area contributed by atoms with Crippen molar-refractivity contribution in [3.63, 3.8) is 0 Å². The summed E-state index contributed by atoms with van der Waals surface area (Å²) >= 11 is 0. The van der Waals surface area contributed by atoms with Gasteiger partial charge >= 0.3 is 0 Å². The van der Waals surface area contributed by atoms with Gasteiger partial charge in [0.15, 0.2) is 0 Å². The molecule has 0 fully saturated rings. The van der Waals surface area contributed by atoms with Crippen molar-refractivity contribution < 1.29 is 5.11 Å². The number of hydrogen-bond donors (Lipinski definition) is 2. The van der Waals surface area contributed by atoms with Gasteiger partial charge in [0.25, 0.3) is 0 Å². The molecule has 3 rings (SSSR count). The summed E-state index contributed by atoms with van der Waals surface area (Å²) in [6.07, 6.45) is 4.04. The van der Waals surface area contributed by atoms with Crippen LogP contribution in [0.1, 0.15) is 11.1 Å². The summed E-state index contributed by atoms with van der Waals surface area (Å²) in [5.41, 5.74) is 3.94. The topological polar surface area (TPSA) is 37.2 Å². The Kier molecular flexibility index (Phi) is 3.65. The quantitative estimate of drug-likeness (QED) is 0.753. The van der Waals surface area contributed by atoms with Gasteiger partial charge in [0, 0.05) is 35.9 Å². The maximum atomic E-state index is 10.0. The van der Waals surface area contributed by atoms with E-state index in [1.54, 1.807) is 0 Å². The van der Waals surface area contributed by atoms with Crippen LogP contribution >= 0.6 is 0 Å². The van der Waals surface area contributed by atoms with Gasteiger partial charge in [-0.3, -0.25) is 0 Å². The number of phenolic OH excluding ortho intramolecular Hbond substituents is 1. The molecule has 3 heteroatoms. The summed E-state index contributed by atoms with van der Waals surface area (Å²) in [4.78, 5) is 0. The number of aromatic nitrogens is 1. The molecular weight excluding hydrogens is 260 g/mol. The van der Waals surface area contributed by atoms with E-state index in [-0.39, 0.29) is 0 Å². The van der Waals surface area contributed by atoms with Crippen LogP contribution < -0.4 is 5.32 Å². The second-order valence-electron chi connectivity index (χ2n) is 5.08. The van der Waals surface area contributed by atoms with Crippen LogP contribution in [0.4, 0.5) is 5.69 Å². The smallest absolute Gasteiger partial charge is 0.123 e. The standard InChI is InChI=1S/C18H18N2O/c1-14-6-4-7-15(18(14)21)13-19-16-8-5-9-17(12-16)20-10-2-3-11-20/h2-12,19,21H,13H2,1H3. The van der Waals surface area contributed by atoms with Crippen LogP contribution in [0.25, 0.3) is 5.69 Å². The summed E-state index contributed by atoms with van der Waals surface area (Å²) < 4.78 is 2.06. The Hall–Kier alpha value is -2.68. The molecule has 0 bridgehead atoms. The number of nitrogens with one attached hydrogen (secondary N) is 1. The number of aromatic hydroxyl groups is 1. The zero-order chi connectivity index (χ0) is 14.7. The lowest BCUT2D eigenvalue weighted by atomic mass is 10.1. The molecule has 0 saturated carbocycles. The van der Waals surface area contributed by atoms with E-state index < -0.39 is 0 Å². The van der Waals surface area contributed by atoms with Crippen molar-refractivity contribution >= 4 is 5.69 Å². The van der Waals surface area contributed by atoms with Crippen LogP contribution in [0.5, 0.6) is 5.75 Å². The minimum Gasteiger partial charge on any atom is -0.507 e. The Morgan fingerprint density at radius 2 is 1.76 bits per heavy atom. The lowest BCUT2D eigenvalue weighted by Gasteiger charge is -2.11. The van der Waals surface area contributed by atoms with E-state index in [4.69, 9.17) is 0 Å². The largest absolute Gasteiger partial charge is 0.507 e. The highest BCUT2D eigenvalue weighted by Crippen LogP contribution is 2.23. The molecule has 106 valence electrons. The highest BCUT2D eigenvalue weighted by molar-refractivity contribution is 5.52. The second-order valence-corrected chi connectivity index (χ2v) is 5.08. The Labute approximate surface area is 124 Å². The molecule has 0 atom stereocenters. The number of benzene rings is 2. The molecule has 0 aliphatic heterocycles. The van der Waals surface area contributed by atoms with Crippen LogP contribution in [-0.4, -0.2) is 9.67 Å². The van der Waals surface area contributed by atoms with E-state index in [1.165, 1.54) is 0 Å². The zero-order valence-electron chi connectivity index (χ0n) is 12.0. The number of rotatable bonds is 4. The van der Waals surface area contributed by atoms with Crippen LogP contribution in [-0.2, 0) is 6.54 Å². The van der Waals surface area contributed by atoms with Gasteiger partial charge in [-0.25, -0.2) is 0 Å². The van der Waals surface area contributed by atoms with Crippen molar-refractivity contribution in [2.45, 2.75) is 13.5 Å². The molecule has 21 heavy (non-hydrogen) atoms. The molecular formula is C18H18N2O. The highest BCUT2D eigenvalue weighted by atomic mass is 16.3. The van der Waals surface area contributed by atoms with Gasteiger partial charge in [0.1, 0.15) is 5.75 Å². The van der Waals surface area contributed by atoms with E-state index in [0.717, 1.165) is 22.5 Å². The fourth-order valence-corrected chi connectivity index (χ4v) is 2.34. The molecule has 2 aromatic carbocycles. The summed E-state index contributed by atoms with van der Waals surface area (Å²) in [5.74, 6) is 0.367. The zero-order valence-corrected chi connectivity index (χ0v) is 12.0. The first-order valence-corrected chi connectivity index (χ1v) is 6.99. The fourth-order valence-electron chi connectivity index (χ4n) is 2.34. The number of nitrogens with zero attached hydrogens (tertiary/aromatic N) is 1. The number of hydrogen-bond acceptors (Lipinski definition) is 2. The van der Waals surface area contributed by atoms with Crippen molar-refractivity contribution in [2.75, 3.05) is 5.32 Å². The second kappa shape index (κ2) is 5.75. The van der Waals surface area contributed by atoms with Crippen LogP contribution in [0.2, 0.25) is 0 Å². The molecule has 0 unspecified atom stereocenters. The van der Waals surface area contributed by atoms with Crippen LogP contribution in [0, 0.1) is 6.92 Å². The summed E-state index contributed by atoms with van der Waals surface area (Å²) in [7, 11) is 0. The van der Waals surface area contributed by atoms with Crippen molar-refractivity contribution in [2.24, 2.45) is 0 Å². The number of aryl methyl sites for hydroxylation is 1. The third-order valence-electron chi connectivity index (χ3n) is 3.55. The molecule has 0 amide bonds. The third-order valence-corrected chi connectivity index (χ3v) is 3.55. The molecule has 0 radical (unpaired) electrons. The van der Waals surface area contributed by atoms with E-state index in [0.29, 0.717) is 12.3 Å². The summed E-state index contributed by atoms with van der Waals surface area (Å²) in [6.45, 7) is 2.51. The Balaban J connectivity index is 1.77. The third kappa shape index (κ3) is 2.92. The van der Waals surface area contributed by atoms with E-state index in [2.05, 4.69) is 22.0 Å². The van der Waals surface area contributed by atoms with E-state index >= 15 is 0 Å². The monoisotopic (exact) mass is 278 g/mol. The van der Waals surface area contributed by atoms with Crippen LogP contribution in [0.15, 0.2) is 67.0 Å². The van der Waals surface area contributed by atoms with Gasteiger partial charge in [-0.15, -0.1) is 0 Å². The summed E-state index contributed by atoms with van der Waals surface area (Å²) in [5, 5.41) is 13.4. The van der Waals surface area contributed by atoms with Crippen LogP contribution in [0.3, 0.4) is 0 Å². The number of anilines is 1. The summed E-state index contributed by atoms with van der Waals surface area (Å²) in [6, 6.07) is 18.0. The predicted octanol–water partition coefficient (Wildman–Crippen LogP) is 4.10.